The number of pyridine rings is 1. The first kappa shape index (κ1) is 19.3. The summed E-state index contributed by atoms with van der Waals surface area (Å²) in [7, 11) is 0. The largest absolute Gasteiger partial charge is 0.382 e. The van der Waals surface area contributed by atoms with E-state index in [1.807, 2.05) is 19.1 Å². The highest BCUT2D eigenvalue weighted by Crippen LogP contribution is 2.06. The molecule has 2 N–H and O–H groups in total. The van der Waals surface area contributed by atoms with Gasteiger partial charge >= 0.3 is 0 Å². The van der Waals surface area contributed by atoms with E-state index in [0.717, 1.165) is 5.56 Å². The van der Waals surface area contributed by atoms with Crippen LogP contribution in [0.5, 0.6) is 0 Å². The molecule has 0 bridgehead atoms. The van der Waals surface area contributed by atoms with Crippen LogP contribution in [0.4, 0.5) is 0 Å². The second-order valence-corrected chi connectivity index (χ2v) is 5.47. The molecule has 2 aromatic rings. The van der Waals surface area contributed by atoms with Crippen molar-refractivity contribution in [3.05, 3.63) is 71.7 Å². The molecule has 0 saturated heterocycles. The SMILES string of the molecule is CCOCCCNC(=O)C(=Cc1cccnc1)NC(=O)c1ccccc1. The van der Waals surface area contributed by atoms with E-state index in [1.54, 1.807) is 48.8 Å². The van der Waals surface area contributed by atoms with Crippen molar-refractivity contribution in [3.63, 3.8) is 0 Å². The van der Waals surface area contributed by atoms with Crippen molar-refractivity contribution in [1.82, 2.24) is 15.6 Å². The van der Waals surface area contributed by atoms with Gasteiger partial charge < -0.3 is 15.4 Å². The molecule has 0 radical (unpaired) electrons. The van der Waals surface area contributed by atoms with Crippen molar-refractivity contribution in [1.29, 1.82) is 0 Å². The maximum absolute atomic E-state index is 12.5. The molecule has 0 saturated carbocycles. The van der Waals surface area contributed by atoms with Crippen molar-refractivity contribution in [3.8, 4) is 0 Å². The van der Waals surface area contributed by atoms with Crippen molar-refractivity contribution < 1.29 is 14.3 Å². The van der Waals surface area contributed by atoms with Gasteiger partial charge in [0.2, 0.25) is 0 Å². The zero-order valence-electron chi connectivity index (χ0n) is 14.8. The van der Waals surface area contributed by atoms with Gasteiger partial charge in [0.15, 0.2) is 0 Å². The Bertz CT molecular complexity index is 730. The normalized spacial score (nSPS) is 11.0. The first-order chi connectivity index (χ1) is 12.7. The second-order valence-electron chi connectivity index (χ2n) is 5.47. The Balaban J connectivity index is 2.08. The average molecular weight is 353 g/mol. The average Bonchev–Trinajstić information content (AvgIpc) is 2.68. The molecule has 0 aliphatic rings. The fraction of sp³-hybridized carbons (Fsp3) is 0.250. The van der Waals surface area contributed by atoms with Gasteiger partial charge in [-0.15, -0.1) is 0 Å². The molecule has 1 aromatic carbocycles. The molecule has 0 aliphatic heterocycles. The van der Waals surface area contributed by atoms with Gasteiger partial charge in [-0.2, -0.15) is 0 Å². The lowest BCUT2D eigenvalue weighted by atomic mass is 10.2. The molecule has 0 unspecified atom stereocenters. The predicted octanol–water partition coefficient (Wildman–Crippen LogP) is 2.40. The standard InChI is InChI=1S/C20H23N3O3/c1-2-26-13-7-12-22-20(25)18(14-16-8-6-11-21-15-16)23-19(24)17-9-4-3-5-10-17/h3-6,8-11,14-15H,2,7,12-13H2,1H3,(H,22,25)(H,23,24). The number of hydrogen-bond acceptors (Lipinski definition) is 4. The van der Waals surface area contributed by atoms with Crippen LogP contribution in [0.25, 0.3) is 6.08 Å². The van der Waals surface area contributed by atoms with Crippen molar-refractivity contribution in [2.45, 2.75) is 13.3 Å². The van der Waals surface area contributed by atoms with E-state index in [1.165, 1.54) is 0 Å². The van der Waals surface area contributed by atoms with Crippen LogP contribution in [0, 0.1) is 0 Å². The molecule has 136 valence electrons. The van der Waals surface area contributed by atoms with Gasteiger partial charge in [0.1, 0.15) is 5.70 Å². The van der Waals surface area contributed by atoms with E-state index in [9.17, 15) is 9.59 Å². The van der Waals surface area contributed by atoms with Gasteiger partial charge in [-0.1, -0.05) is 24.3 Å². The first-order valence-corrected chi connectivity index (χ1v) is 8.54. The van der Waals surface area contributed by atoms with E-state index in [0.29, 0.717) is 31.7 Å². The summed E-state index contributed by atoms with van der Waals surface area (Å²) in [5.41, 5.74) is 1.37. The van der Waals surface area contributed by atoms with Gasteiger partial charge in [0, 0.05) is 37.7 Å². The molecular formula is C20H23N3O3. The van der Waals surface area contributed by atoms with Gasteiger partial charge in [-0.25, -0.2) is 0 Å². The van der Waals surface area contributed by atoms with E-state index < -0.39 is 0 Å². The van der Waals surface area contributed by atoms with Crippen molar-refractivity contribution in [2.24, 2.45) is 0 Å². The van der Waals surface area contributed by atoms with Crippen LogP contribution in [0.2, 0.25) is 0 Å². The minimum absolute atomic E-state index is 0.170. The Hall–Kier alpha value is -2.99. The van der Waals surface area contributed by atoms with Gasteiger partial charge in [-0.05, 0) is 43.2 Å². The highest BCUT2D eigenvalue weighted by molar-refractivity contribution is 6.05. The minimum atomic E-state index is -0.352. The van der Waals surface area contributed by atoms with Crippen LogP contribution >= 0.6 is 0 Å². The highest BCUT2D eigenvalue weighted by Gasteiger charge is 2.14. The smallest absolute Gasteiger partial charge is 0.267 e. The number of carbonyl (C=O) groups is 2. The molecule has 0 fully saturated rings. The molecule has 6 nitrogen and oxygen atoms in total. The first-order valence-electron chi connectivity index (χ1n) is 8.54. The Kier molecular flexibility index (Phi) is 8.02. The summed E-state index contributed by atoms with van der Waals surface area (Å²) in [6, 6.07) is 12.3. The second kappa shape index (κ2) is 10.8. The van der Waals surface area contributed by atoms with Crippen molar-refractivity contribution >= 4 is 17.9 Å². The Morgan fingerprint density at radius 1 is 1.15 bits per heavy atom. The van der Waals surface area contributed by atoms with Crippen LogP contribution in [-0.4, -0.2) is 36.6 Å². The lowest BCUT2D eigenvalue weighted by molar-refractivity contribution is -0.117. The van der Waals surface area contributed by atoms with Crippen LogP contribution < -0.4 is 10.6 Å². The maximum Gasteiger partial charge on any atom is 0.267 e. The van der Waals surface area contributed by atoms with Crippen LogP contribution in [0.15, 0.2) is 60.6 Å². The summed E-state index contributed by atoms with van der Waals surface area (Å²) < 4.78 is 5.25. The lowest BCUT2D eigenvalue weighted by Crippen LogP contribution is -2.35. The van der Waals surface area contributed by atoms with E-state index in [4.69, 9.17) is 4.74 Å². The summed E-state index contributed by atoms with van der Waals surface area (Å²) in [4.78, 5) is 28.9. The number of aromatic nitrogens is 1. The predicted molar refractivity (Wildman–Crippen MR) is 100 cm³/mol. The van der Waals surface area contributed by atoms with E-state index >= 15 is 0 Å². The van der Waals surface area contributed by atoms with Gasteiger partial charge in [0.05, 0.1) is 0 Å². The fourth-order valence-corrected chi connectivity index (χ4v) is 2.19. The molecule has 2 rings (SSSR count). The number of carbonyl (C=O) groups excluding carboxylic acids is 2. The molecule has 1 heterocycles. The molecule has 0 spiro atoms. The van der Waals surface area contributed by atoms with Crippen molar-refractivity contribution in [2.75, 3.05) is 19.8 Å². The van der Waals surface area contributed by atoms with Crippen LogP contribution in [0.3, 0.4) is 0 Å². The molecule has 1 aromatic heterocycles. The fourth-order valence-electron chi connectivity index (χ4n) is 2.19. The van der Waals surface area contributed by atoms with E-state index in [2.05, 4.69) is 15.6 Å². The van der Waals surface area contributed by atoms with Gasteiger partial charge in [-0.3, -0.25) is 14.6 Å². The third-order valence-electron chi connectivity index (χ3n) is 3.48. The van der Waals surface area contributed by atoms with E-state index in [-0.39, 0.29) is 17.5 Å². The lowest BCUT2D eigenvalue weighted by Gasteiger charge is -2.11. The van der Waals surface area contributed by atoms with Crippen LogP contribution in [-0.2, 0) is 9.53 Å². The number of nitrogens with one attached hydrogen (secondary N) is 2. The number of benzene rings is 1. The summed E-state index contributed by atoms with van der Waals surface area (Å²) >= 11 is 0. The number of hydrogen-bond donors (Lipinski definition) is 2. The summed E-state index contributed by atoms with van der Waals surface area (Å²) in [6.45, 7) is 3.61. The zero-order valence-corrected chi connectivity index (χ0v) is 14.8. The Labute approximate surface area is 153 Å². The quantitative estimate of drug-likeness (QED) is 0.536. The minimum Gasteiger partial charge on any atom is -0.382 e. The number of nitrogens with zero attached hydrogens (tertiary/aromatic N) is 1. The number of ether oxygens (including phenoxy) is 1. The van der Waals surface area contributed by atoms with Crippen LogP contribution in [0.1, 0.15) is 29.3 Å². The molecule has 0 aliphatic carbocycles. The number of amides is 2. The third kappa shape index (κ3) is 6.49. The maximum atomic E-state index is 12.5. The summed E-state index contributed by atoms with van der Waals surface area (Å²) in [5.74, 6) is -0.695. The molecule has 6 heteroatoms. The third-order valence-corrected chi connectivity index (χ3v) is 3.48. The summed E-state index contributed by atoms with van der Waals surface area (Å²) in [5, 5.41) is 5.48. The van der Waals surface area contributed by atoms with Gasteiger partial charge in [0.25, 0.3) is 11.8 Å². The molecule has 26 heavy (non-hydrogen) atoms. The number of rotatable bonds is 9. The highest BCUT2D eigenvalue weighted by atomic mass is 16.5. The Morgan fingerprint density at radius 2 is 1.96 bits per heavy atom. The molecular weight excluding hydrogens is 330 g/mol. The topological polar surface area (TPSA) is 80.3 Å². The zero-order chi connectivity index (χ0) is 18.6. The molecule has 0 atom stereocenters. The Morgan fingerprint density at radius 3 is 2.65 bits per heavy atom. The molecule has 2 amide bonds. The monoisotopic (exact) mass is 353 g/mol. The summed E-state index contributed by atoms with van der Waals surface area (Å²) in [6.07, 6.45) is 5.57.